The van der Waals surface area contributed by atoms with Gasteiger partial charge in [-0.3, -0.25) is 0 Å². The molecule has 1 aromatic carbocycles. The normalized spacial score (nSPS) is 10.8. The fraction of sp³-hybridized carbons (Fsp3) is 0.368. The lowest BCUT2D eigenvalue weighted by molar-refractivity contribution is 0.798. The van der Waals surface area contributed by atoms with Gasteiger partial charge >= 0.3 is 0 Å². The molecule has 0 spiro atoms. The number of anilines is 1. The van der Waals surface area contributed by atoms with Crippen molar-refractivity contribution in [2.45, 2.75) is 26.9 Å². The first-order valence-electron chi connectivity index (χ1n) is 8.29. The Kier molecular flexibility index (Phi) is 9.26. The van der Waals surface area contributed by atoms with Crippen LogP contribution in [-0.2, 0) is 13.1 Å². The number of benzene rings is 1. The first kappa shape index (κ1) is 21.2. The van der Waals surface area contributed by atoms with Crippen LogP contribution in [0.1, 0.15) is 23.7 Å². The van der Waals surface area contributed by atoms with E-state index in [0.717, 1.165) is 24.0 Å². The highest BCUT2D eigenvalue weighted by Crippen LogP contribution is 2.08. The zero-order valence-electron chi connectivity index (χ0n) is 15.4. The van der Waals surface area contributed by atoms with Gasteiger partial charge in [-0.25, -0.2) is 9.98 Å². The van der Waals surface area contributed by atoms with Gasteiger partial charge in [0.15, 0.2) is 5.96 Å². The topological polar surface area (TPSA) is 52.6 Å². The third-order valence-corrected chi connectivity index (χ3v) is 3.57. The number of pyridine rings is 1. The molecular formula is C19H28IN5. The molecule has 0 amide bonds. The molecule has 0 saturated heterocycles. The number of rotatable bonds is 6. The summed E-state index contributed by atoms with van der Waals surface area (Å²) < 4.78 is 0. The summed E-state index contributed by atoms with van der Waals surface area (Å²) in [5.74, 6) is 1.76. The SMILES string of the molecule is CCNC(=NCc1ccc(C)cc1)NCc1cccc(N(C)C)n1.I. The Balaban J connectivity index is 0.00000312. The van der Waals surface area contributed by atoms with E-state index in [4.69, 9.17) is 0 Å². The van der Waals surface area contributed by atoms with E-state index in [2.05, 4.69) is 58.7 Å². The van der Waals surface area contributed by atoms with E-state index in [0.29, 0.717) is 13.1 Å². The van der Waals surface area contributed by atoms with Gasteiger partial charge in [0, 0.05) is 20.6 Å². The molecule has 0 bridgehead atoms. The number of nitrogens with zero attached hydrogens (tertiary/aromatic N) is 3. The molecule has 0 unspecified atom stereocenters. The molecule has 0 fully saturated rings. The average Bonchev–Trinajstić information content (AvgIpc) is 2.59. The number of aromatic nitrogens is 1. The lowest BCUT2D eigenvalue weighted by atomic mass is 10.1. The Morgan fingerprint density at radius 2 is 1.80 bits per heavy atom. The Morgan fingerprint density at radius 1 is 1.08 bits per heavy atom. The van der Waals surface area contributed by atoms with Gasteiger partial charge in [-0.2, -0.15) is 0 Å². The van der Waals surface area contributed by atoms with Crippen molar-refractivity contribution in [3.63, 3.8) is 0 Å². The average molecular weight is 453 g/mol. The molecule has 2 aromatic rings. The summed E-state index contributed by atoms with van der Waals surface area (Å²) >= 11 is 0. The highest BCUT2D eigenvalue weighted by atomic mass is 127. The quantitative estimate of drug-likeness (QED) is 0.400. The first-order valence-corrected chi connectivity index (χ1v) is 8.29. The minimum absolute atomic E-state index is 0. The number of hydrogen-bond acceptors (Lipinski definition) is 3. The van der Waals surface area contributed by atoms with Gasteiger partial charge < -0.3 is 15.5 Å². The highest BCUT2D eigenvalue weighted by Gasteiger charge is 2.02. The van der Waals surface area contributed by atoms with E-state index < -0.39 is 0 Å². The maximum atomic E-state index is 4.64. The van der Waals surface area contributed by atoms with E-state index in [1.54, 1.807) is 0 Å². The van der Waals surface area contributed by atoms with Gasteiger partial charge in [0.2, 0.25) is 0 Å². The highest BCUT2D eigenvalue weighted by molar-refractivity contribution is 14.0. The molecule has 136 valence electrons. The molecule has 25 heavy (non-hydrogen) atoms. The molecule has 1 heterocycles. The molecular weight excluding hydrogens is 425 g/mol. The minimum Gasteiger partial charge on any atom is -0.363 e. The van der Waals surface area contributed by atoms with Crippen LogP contribution in [0.5, 0.6) is 0 Å². The monoisotopic (exact) mass is 453 g/mol. The molecule has 0 saturated carbocycles. The zero-order chi connectivity index (χ0) is 17.4. The number of guanidine groups is 1. The maximum absolute atomic E-state index is 4.64. The van der Waals surface area contributed by atoms with Crippen molar-refractivity contribution < 1.29 is 0 Å². The number of nitrogens with one attached hydrogen (secondary N) is 2. The van der Waals surface area contributed by atoms with Crippen molar-refractivity contribution in [3.05, 3.63) is 59.3 Å². The van der Waals surface area contributed by atoms with Crippen LogP contribution < -0.4 is 15.5 Å². The van der Waals surface area contributed by atoms with E-state index in [1.807, 2.05) is 37.2 Å². The second-order valence-electron chi connectivity index (χ2n) is 5.92. The zero-order valence-corrected chi connectivity index (χ0v) is 17.7. The summed E-state index contributed by atoms with van der Waals surface area (Å²) in [5.41, 5.74) is 3.45. The maximum Gasteiger partial charge on any atom is 0.191 e. The van der Waals surface area contributed by atoms with Crippen LogP contribution in [0.3, 0.4) is 0 Å². The predicted octanol–water partition coefficient (Wildman–Crippen LogP) is 3.33. The van der Waals surface area contributed by atoms with Crippen molar-refractivity contribution in [2.75, 3.05) is 25.5 Å². The minimum atomic E-state index is 0. The van der Waals surface area contributed by atoms with Crippen molar-refractivity contribution in [3.8, 4) is 0 Å². The summed E-state index contributed by atoms with van der Waals surface area (Å²) in [4.78, 5) is 11.3. The summed E-state index contributed by atoms with van der Waals surface area (Å²) in [6.45, 7) is 6.27. The molecule has 0 radical (unpaired) electrons. The van der Waals surface area contributed by atoms with E-state index >= 15 is 0 Å². The van der Waals surface area contributed by atoms with Crippen molar-refractivity contribution in [1.29, 1.82) is 0 Å². The van der Waals surface area contributed by atoms with Gasteiger partial charge in [-0.1, -0.05) is 35.9 Å². The molecule has 2 N–H and O–H groups in total. The lowest BCUT2D eigenvalue weighted by Gasteiger charge is -2.14. The number of aryl methyl sites for hydroxylation is 1. The molecule has 0 aliphatic heterocycles. The standard InChI is InChI=1S/C19H27N5.HI/c1-5-20-19(21-13-16-11-9-15(2)10-12-16)22-14-17-7-6-8-18(23-17)24(3)4;/h6-12H,5,13-14H2,1-4H3,(H2,20,21,22);1H. The lowest BCUT2D eigenvalue weighted by Crippen LogP contribution is -2.37. The third-order valence-electron chi connectivity index (χ3n) is 3.57. The Labute approximate surface area is 168 Å². The fourth-order valence-corrected chi connectivity index (χ4v) is 2.19. The Bertz CT molecular complexity index is 668. The summed E-state index contributed by atoms with van der Waals surface area (Å²) in [6, 6.07) is 14.5. The van der Waals surface area contributed by atoms with Gasteiger partial charge in [0.1, 0.15) is 5.82 Å². The van der Waals surface area contributed by atoms with E-state index in [9.17, 15) is 0 Å². The molecule has 0 aliphatic carbocycles. The summed E-state index contributed by atoms with van der Waals surface area (Å²) in [5, 5.41) is 6.62. The first-order chi connectivity index (χ1) is 11.6. The largest absolute Gasteiger partial charge is 0.363 e. The number of halogens is 1. The van der Waals surface area contributed by atoms with Crippen LogP contribution >= 0.6 is 24.0 Å². The van der Waals surface area contributed by atoms with Gasteiger partial charge in [0.05, 0.1) is 18.8 Å². The second-order valence-corrected chi connectivity index (χ2v) is 5.92. The van der Waals surface area contributed by atoms with Gasteiger partial charge in [0.25, 0.3) is 0 Å². The Hall–Kier alpha value is -1.83. The molecule has 0 atom stereocenters. The van der Waals surface area contributed by atoms with Crippen LogP contribution in [0.25, 0.3) is 0 Å². The van der Waals surface area contributed by atoms with E-state index in [-0.39, 0.29) is 24.0 Å². The number of hydrogen-bond donors (Lipinski definition) is 2. The smallest absolute Gasteiger partial charge is 0.191 e. The van der Waals surface area contributed by atoms with Crippen molar-refractivity contribution in [2.24, 2.45) is 4.99 Å². The molecule has 5 nitrogen and oxygen atoms in total. The molecule has 2 rings (SSSR count). The summed E-state index contributed by atoms with van der Waals surface area (Å²) in [6.07, 6.45) is 0. The predicted molar refractivity (Wildman–Crippen MR) is 117 cm³/mol. The third kappa shape index (κ3) is 7.29. The van der Waals surface area contributed by atoms with Crippen molar-refractivity contribution >= 4 is 35.8 Å². The van der Waals surface area contributed by atoms with Crippen LogP contribution in [0, 0.1) is 6.92 Å². The van der Waals surface area contributed by atoms with E-state index in [1.165, 1.54) is 11.1 Å². The van der Waals surface area contributed by atoms with Crippen LogP contribution in [0.4, 0.5) is 5.82 Å². The van der Waals surface area contributed by atoms with Crippen LogP contribution in [0.15, 0.2) is 47.5 Å². The van der Waals surface area contributed by atoms with Crippen LogP contribution in [-0.4, -0.2) is 31.6 Å². The van der Waals surface area contributed by atoms with Crippen LogP contribution in [0.2, 0.25) is 0 Å². The molecule has 1 aromatic heterocycles. The van der Waals surface area contributed by atoms with Gasteiger partial charge in [-0.15, -0.1) is 24.0 Å². The molecule has 6 heteroatoms. The van der Waals surface area contributed by atoms with Crippen molar-refractivity contribution in [1.82, 2.24) is 15.6 Å². The van der Waals surface area contributed by atoms with Gasteiger partial charge in [-0.05, 0) is 31.5 Å². The Morgan fingerprint density at radius 3 is 2.44 bits per heavy atom. The second kappa shape index (κ2) is 10.9. The summed E-state index contributed by atoms with van der Waals surface area (Å²) in [7, 11) is 3.99. The fourth-order valence-electron chi connectivity index (χ4n) is 2.19. The number of aliphatic imine (C=N–C) groups is 1. The molecule has 0 aliphatic rings.